The number of carbonyl (C=O) groups is 2. The van der Waals surface area contributed by atoms with Crippen LogP contribution in [-0.4, -0.2) is 91.6 Å². The fourth-order valence-corrected chi connectivity index (χ4v) is 4.26. The maximum Gasteiger partial charge on any atom is 0.320 e. The quantitative estimate of drug-likeness (QED) is 0.141. The van der Waals surface area contributed by atoms with Gasteiger partial charge in [0.2, 0.25) is 5.88 Å². The Morgan fingerprint density at radius 2 is 1.98 bits per heavy atom. The summed E-state index contributed by atoms with van der Waals surface area (Å²) in [6, 6.07) is 10.2. The van der Waals surface area contributed by atoms with E-state index in [2.05, 4.69) is 27.7 Å². The highest BCUT2D eigenvalue weighted by Gasteiger charge is 2.27. The molecule has 248 valence electrons. The maximum absolute atomic E-state index is 13.0. The van der Waals surface area contributed by atoms with Crippen molar-refractivity contribution in [2.75, 3.05) is 59.1 Å². The molecule has 1 aliphatic heterocycles. The molecule has 0 radical (unpaired) electrons. The van der Waals surface area contributed by atoms with Crippen molar-refractivity contribution in [1.29, 1.82) is 0 Å². The molecule has 0 spiro atoms. The average Bonchev–Trinajstić information content (AvgIpc) is 3.63. The zero-order chi connectivity index (χ0) is 33.5. The molecule has 46 heavy (non-hydrogen) atoms. The van der Waals surface area contributed by atoms with Crippen LogP contribution in [0.15, 0.2) is 67.2 Å². The number of hydrogen-bond donors (Lipinski definition) is 3. The number of allylic oxidation sites excluding steroid dienone is 3. The van der Waals surface area contributed by atoms with Crippen molar-refractivity contribution < 1.29 is 37.5 Å². The van der Waals surface area contributed by atoms with Crippen LogP contribution in [-0.2, 0) is 14.4 Å². The van der Waals surface area contributed by atoms with Crippen LogP contribution < -0.4 is 20.9 Å². The zero-order valence-electron chi connectivity index (χ0n) is 26.2. The minimum atomic E-state index is -0.755. The van der Waals surface area contributed by atoms with Crippen LogP contribution in [0.4, 0.5) is 19.4 Å². The number of pyridine rings is 1. The third-order valence-corrected chi connectivity index (χ3v) is 6.37. The summed E-state index contributed by atoms with van der Waals surface area (Å²) >= 11 is 0. The lowest BCUT2D eigenvalue weighted by Gasteiger charge is -2.15. The molecule has 3 aromatic rings. The molecule has 1 aliphatic rings. The van der Waals surface area contributed by atoms with Crippen molar-refractivity contribution in [3.8, 4) is 22.8 Å². The van der Waals surface area contributed by atoms with Crippen LogP contribution in [0, 0.1) is 6.92 Å². The number of hydrogen-bond acceptors (Lipinski definition) is 9. The molecule has 0 saturated carbocycles. The van der Waals surface area contributed by atoms with Crippen LogP contribution in [0.5, 0.6) is 5.88 Å². The summed E-state index contributed by atoms with van der Waals surface area (Å²) in [5, 5.41) is 12.3. The minimum Gasteiger partial charge on any atom is -0.480 e. The van der Waals surface area contributed by atoms with E-state index in [1.54, 1.807) is 29.8 Å². The second kappa shape index (κ2) is 18.3. The van der Waals surface area contributed by atoms with Crippen LogP contribution in [0.3, 0.4) is 0 Å². The Morgan fingerprint density at radius 1 is 1.22 bits per heavy atom. The SMILES string of the molecule is C=C/C=C(\C)F.COCCN1C[C@@H](NC(=O)Nc2c(C)c(-c3cnc(OC)c(C(=O)NOCCF)c3)nn2-c2ccccc2)CO1. The molecule has 0 unspecified atom stereocenters. The van der Waals surface area contributed by atoms with Crippen molar-refractivity contribution in [3.05, 3.63) is 78.3 Å². The van der Waals surface area contributed by atoms with E-state index < -0.39 is 18.6 Å². The highest BCUT2D eigenvalue weighted by atomic mass is 19.1. The summed E-state index contributed by atoms with van der Waals surface area (Å²) in [6.45, 7) is 7.40. The monoisotopic (exact) mass is 643 g/mol. The number of urea groups is 1. The molecule has 2 aromatic heterocycles. The van der Waals surface area contributed by atoms with Gasteiger partial charge in [0.15, 0.2) is 0 Å². The minimum absolute atomic E-state index is 0.0568. The summed E-state index contributed by atoms with van der Waals surface area (Å²) in [4.78, 5) is 40.4. The summed E-state index contributed by atoms with van der Waals surface area (Å²) in [5.74, 6) is -0.371. The largest absolute Gasteiger partial charge is 0.480 e. The molecule has 4 rings (SSSR count). The van der Waals surface area contributed by atoms with Gasteiger partial charge < -0.3 is 14.8 Å². The van der Waals surface area contributed by atoms with Crippen molar-refractivity contribution in [2.45, 2.75) is 19.9 Å². The van der Waals surface area contributed by atoms with Crippen molar-refractivity contribution in [1.82, 2.24) is 30.6 Å². The number of methoxy groups -OCH3 is 2. The van der Waals surface area contributed by atoms with Crippen molar-refractivity contribution in [3.63, 3.8) is 0 Å². The number of ether oxygens (including phenoxy) is 2. The second-order valence-corrected chi connectivity index (χ2v) is 9.78. The van der Waals surface area contributed by atoms with Gasteiger partial charge in [-0.05, 0) is 38.1 Å². The van der Waals surface area contributed by atoms with E-state index in [1.165, 1.54) is 32.4 Å². The van der Waals surface area contributed by atoms with Crippen LogP contribution in [0.1, 0.15) is 22.8 Å². The molecule has 1 aromatic carbocycles. The molecule has 1 atom stereocenters. The summed E-state index contributed by atoms with van der Waals surface area (Å²) < 4.78 is 35.8. The van der Waals surface area contributed by atoms with Gasteiger partial charge in [-0.1, -0.05) is 30.9 Å². The molecule has 0 aliphatic carbocycles. The highest BCUT2D eigenvalue weighted by Crippen LogP contribution is 2.32. The van der Waals surface area contributed by atoms with Gasteiger partial charge >= 0.3 is 6.03 Å². The first-order chi connectivity index (χ1) is 22.2. The summed E-state index contributed by atoms with van der Waals surface area (Å²) in [7, 11) is 3.00. The zero-order valence-corrected chi connectivity index (χ0v) is 26.2. The third kappa shape index (κ3) is 10.2. The van der Waals surface area contributed by atoms with Crippen molar-refractivity contribution >= 4 is 17.8 Å². The average molecular weight is 644 g/mol. The number of amides is 3. The van der Waals surface area contributed by atoms with Gasteiger partial charge in [-0.3, -0.25) is 19.8 Å². The van der Waals surface area contributed by atoms with E-state index in [0.717, 1.165) is 0 Å². The first kappa shape index (κ1) is 35.8. The number of anilines is 1. The van der Waals surface area contributed by atoms with Crippen LogP contribution >= 0.6 is 0 Å². The number of aromatic nitrogens is 3. The van der Waals surface area contributed by atoms with Gasteiger partial charge in [-0.15, -0.1) is 0 Å². The van der Waals surface area contributed by atoms with E-state index >= 15 is 0 Å². The number of hydroxylamine groups is 3. The number of carbonyl (C=O) groups excluding carboxylic acids is 2. The molecule has 3 heterocycles. The molecule has 13 nitrogen and oxygen atoms in total. The third-order valence-electron chi connectivity index (χ3n) is 6.37. The van der Waals surface area contributed by atoms with E-state index in [0.29, 0.717) is 54.6 Å². The molecule has 3 N–H and O–H groups in total. The number of para-hydroxylation sites is 1. The Kier molecular flexibility index (Phi) is 14.2. The first-order valence-electron chi connectivity index (χ1n) is 14.3. The second-order valence-electron chi connectivity index (χ2n) is 9.78. The van der Waals surface area contributed by atoms with Crippen LogP contribution in [0.25, 0.3) is 16.9 Å². The van der Waals surface area contributed by atoms with Crippen molar-refractivity contribution in [2.24, 2.45) is 0 Å². The lowest BCUT2D eigenvalue weighted by Crippen LogP contribution is -2.41. The van der Waals surface area contributed by atoms with E-state index in [1.807, 2.05) is 30.3 Å². The van der Waals surface area contributed by atoms with E-state index in [-0.39, 0.29) is 29.9 Å². The lowest BCUT2D eigenvalue weighted by atomic mass is 10.1. The Labute approximate surface area is 266 Å². The molecule has 1 fully saturated rings. The summed E-state index contributed by atoms with van der Waals surface area (Å²) in [5.41, 5.74) is 4.55. The predicted molar refractivity (Wildman–Crippen MR) is 168 cm³/mol. The Bertz CT molecular complexity index is 1480. The maximum atomic E-state index is 13.0. The Balaban J connectivity index is 0.000000875. The first-order valence-corrected chi connectivity index (χ1v) is 14.3. The fourth-order valence-electron chi connectivity index (χ4n) is 4.26. The molecule has 15 heteroatoms. The Hall–Kier alpha value is -4.70. The fraction of sp³-hybridized carbons (Fsp3) is 0.355. The molecule has 1 saturated heterocycles. The molecule has 0 bridgehead atoms. The lowest BCUT2D eigenvalue weighted by molar-refractivity contribution is -0.118. The predicted octanol–water partition coefficient (Wildman–Crippen LogP) is 4.31. The van der Waals surface area contributed by atoms with E-state index in [4.69, 9.17) is 24.2 Å². The Morgan fingerprint density at radius 3 is 2.61 bits per heavy atom. The topological polar surface area (TPSA) is 141 Å². The van der Waals surface area contributed by atoms with E-state index in [9.17, 15) is 18.4 Å². The number of nitrogens with zero attached hydrogens (tertiary/aromatic N) is 4. The molecule has 3 amide bonds. The van der Waals surface area contributed by atoms with Crippen LogP contribution in [0.2, 0.25) is 0 Å². The van der Waals surface area contributed by atoms with Gasteiger partial charge in [-0.2, -0.15) is 10.2 Å². The highest BCUT2D eigenvalue weighted by molar-refractivity contribution is 5.97. The number of nitrogens with one attached hydrogen (secondary N) is 3. The van der Waals surface area contributed by atoms with Gasteiger partial charge in [0.05, 0.1) is 43.6 Å². The number of rotatable bonds is 13. The normalized spacial score (nSPS) is 14.7. The molecular weight excluding hydrogens is 604 g/mol. The van der Waals surface area contributed by atoms with Gasteiger partial charge in [0.25, 0.3) is 5.91 Å². The summed E-state index contributed by atoms with van der Waals surface area (Å²) in [6.07, 6.45) is 4.23. The number of halogens is 2. The smallest absolute Gasteiger partial charge is 0.320 e. The standard InChI is InChI=1S/C26H32FN7O6.C5H7F/c1-17-22(18-13-21(25(38-3)28-14-18)24(35)32-39-11-9-27)31-34(20-7-5-4-6-8-20)23(17)30-26(36)29-19-15-33(40-16-19)10-12-37-2;1-3-4-5(2)6/h4-8,13-14,19H,9-12,15-16H2,1-3H3,(H,32,35)(H2,29,30,36);3-4H,1H2,2H3/b;5-4+/t19-;/m1./s1. The van der Waals surface area contributed by atoms with Gasteiger partial charge in [0, 0.05) is 37.5 Å². The number of alkyl halides is 1. The van der Waals surface area contributed by atoms with Gasteiger partial charge in [0.1, 0.15) is 24.7 Å². The number of benzene rings is 1. The van der Waals surface area contributed by atoms with Gasteiger partial charge in [-0.25, -0.2) is 28.7 Å². The molecular formula is C31H39F2N7O6.